The molecule has 1 unspecified atom stereocenters. The van der Waals surface area contributed by atoms with Crippen LogP contribution in [0.4, 0.5) is 10.5 Å². The van der Waals surface area contributed by atoms with Crippen LogP contribution in [0, 0.1) is 0 Å². The van der Waals surface area contributed by atoms with Crippen molar-refractivity contribution in [1.82, 2.24) is 15.1 Å². The van der Waals surface area contributed by atoms with Gasteiger partial charge in [-0.2, -0.15) is 5.10 Å². The van der Waals surface area contributed by atoms with Gasteiger partial charge in [-0.05, 0) is 6.07 Å². The Morgan fingerprint density at radius 3 is 3.10 bits per heavy atom. The summed E-state index contributed by atoms with van der Waals surface area (Å²) in [5.41, 5.74) is 1.69. The molecule has 1 aromatic carbocycles. The van der Waals surface area contributed by atoms with E-state index >= 15 is 0 Å². The fourth-order valence-electron chi connectivity index (χ4n) is 2.30. The topological polar surface area (TPSA) is 68.2 Å². The molecule has 0 fully saturated rings. The highest BCUT2D eigenvalue weighted by Crippen LogP contribution is 2.31. The maximum atomic E-state index is 12.0. The summed E-state index contributed by atoms with van der Waals surface area (Å²) in [6, 6.07) is 7.50. The Morgan fingerprint density at radius 1 is 1.45 bits per heavy atom. The number of anilines is 1. The van der Waals surface area contributed by atoms with Crippen molar-refractivity contribution in [2.75, 3.05) is 11.9 Å². The van der Waals surface area contributed by atoms with Crippen LogP contribution in [0.3, 0.4) is 0 Å². The number of urea groups is 1. The lowest BCUT2D eigenvalue weighted by atomic mass is 10.0. The van der Waals surface area contributed by atoms with E-state index in [2.05, 4.69) is 15.7 Å². The number of para-hydroxylation sites is 1. The van der Waals surface area contributed by atoms with E-state index < -0.39 is 0 Å². The number of aryl methyl sites for hydroxylation is 1. The first-order chi connectivity index (χ1) is 9.72. The molecule has 0 saturated heterocycles. The summed E-state index contributed by atoms with van der Waals surface area (Å²) in [6.07, 6.45) is 4.12. The zero-order chi connectivity index (χ0) is 13.9. The zero-order valence-corrected chi connectivity index (χ0v) is 11.2. The lowest BCUT2D eigenvalue weighted by molar-refractivity contribution is 0.232. The lowest BCUT2D eigenvalue weighted by Gasteiger charge is -2.26. The number of aromatic nitrogens is 2. The Balaban J connectivity index is 1.68. The third kappa shape index (κ3) is 2.59. The summed E-state index contributed by atoms with van der Waals surface area (Å²) < 4.78 is 7.21. The second-order valence-corrected chi connectivity index (χ2v) is 4.73. The zero-order valence-electron chi connectivity index (χ0n) is 11.2. The molecule has 2 N–H and O–H groups in total. The van der Waals surface area contributed by atoms with Crippen molar-refractivity contribution in [2.45, 2.75) is 12.5 Å². The minimum atomic E-state index is -0.236. The minimum Gasteiger partial charge on any atom is -0.493 e. The van der Waals surface area contributed by atoms with Crippen molar-refractivity contribution < 1.29 is 9.53 Å². The van der Waals surface area contributed by atoms with E-state index in [4.69, 9.17) is 4.74 Å². The van der Waals surface area contributed by atoms with Crippen LogP contribution in [0.15, 0.2) is 36.7 Å². The average molecular weight is 272 g/mol. The maximum Gasteiger partial charge on any atom is 0.319 e. The molecule has 6 heteroatoms. The van der Waals surface area contributed by atoms with Crippen LogP contribution in [0.25, 0.3) is 0 Å². The molecule has 0 bridgehead atoms. The van der Waals surface area contributed by atoms with Gasteiger partial charge in [0.05, 0.1) is 24.5 Å². The van der Waals surface area contributed by atoms with Crippen molar-refractivity contribution in [3.8, 4) is 5.75 Å². The number of nitrogens with one attached hydrogen (secondary N) is 2. The fraction of sp³-hybridized carbons (Fsp3) is 0.286. The summed E-state index contributed by atoms with van der Waals surface area (Å²) in [4.78, 5) is 12.0. The molecule has 1 aliphatic heterocycles. The first kappa shape index (κ1) is 12.5. The van der Waals surface area contributed by atoms with Crippen LogP contribution in [0.1, 0.15) is 18.0 Å². The highest BCUT2D eigenvalue weighted by atomic mass is 16.5. The first-order valence-electron chi connectivity index (χ1n) is 6.50. The number of benzene rings is 1. The molecule has 0 aliphatic carbocycles. The number of carbonyl (C=O) groups is 1. The smallest absolute Gasteiger partial charge is 0.319 e. The molecule has 6 nitrogen and oxygen atoms in total. The molecule has 0 saturated carbocycles. The van der Waals surface area contributed by atoms with Crippen molar-refractivity contribution in [3.63, 3.8) is 0 Å². The second kappa shape index (κ2) is 5.24. The molecule has 20 heavy (non-hydrogen) atoms. The number of ether oxygens (including phenoxy) is 1. The monoisotopic (exact) mass is 272 g/mol. The highest BCUT2D eigenvalue weighted by molar-refractivity contribution is 5.89. The SMILES string of the molecule is Cn1cc(NC(=O)NC2CCOc3ccccc32)cn1. The van der Waals surface area contributed by atoms with Gasteiger partial charge in [0.2, 0.25) is 0 Å². The molecule has 1 atom stereocenters. The Hall–Kier alpha value is -2.50. The largest absolute Gasteiger partial charge is 0.493 e. The standard InChI is InChI=1S/C14H16N4O2/c1-18-9-10(8-15-18)16-14(19)17-12-6-7-20-13-5-3-2-4-11(12)13/h2-5,8-9,12H,6-7H2,1H3,(H2,16,17,19). The Kier molecular flexibility index (Phi) is 3.28. The van der Waals surface area contributed by atoms with Crippen LogP contribution >= 0.6 is 0 Å². The van der Waals surface area contributed by atoms with Gasteiger partial charge in [0.15, 0.2) is 0 Å². The van der Waals surface area contributed by atoms with Gasteiger partial charge in [-0.15, -0.1) is 0 Å². The Labute approximate surface area is 116 Å². The second-order valence-electron chi connectivity index (χ2n) is 4.73. The van der Waals surface area contributed by atoms with Gasteiger partial charge < -0.3 is 15.4 Å². The van der Waals surface area contributed by atoms with E-state index in [-0.39, 0.29) is 12.1 Å². The van der Waals surface area contributed by atoms with Crippen molar-refractivity contribution in [3.05, 3.63) is 42.2 Å². The average Bonchev–Trinajstić information content (AvgIpc) is 2.84. The third-order valence-electron chi connectivity index (χ3n) is 3.23. The van der Waals surface area contributed by atoms with E-state index in [9.17, 15) is 4.79 Å². The lowest BCUT2D eigenvalue weighted by Crippen LogP contribution is -2.35. The van der Waals surface area contributed by atoms with Crippen LogP contribution in [0.2, 0.25) is 0 Å². The molecule has 2 amide bonds. The molecule has 104 valence electrons. The summed E-state index contributed by atoms with van der Waals surface area (Å²) in [6.45, 7) is 0.606. The van der Waals surface area contributed by atoms with Gasteiger partial charge in [0.1, 0.15) is 5.75 Å². The Bertz CT molecular complexity index is 623. The number of rotatable bonds is 2. The summed E-state index contributed by atoms with van der Waals surface area (Å²) >= 11 is 0. The van der Waals surface area contributed by atoms with Gasteiger partial charge in [0, 0.05) is 25.2 Å². The quantitative estimate of drug-likeness (QED) is 0.879. The van der Waals surface area contributed by atoms with Gasteiger partial charge in [-0.3, -0.25) is 4.68 Å². The number of fused-ring (bicyclic) bond motifs is 1. The van der Waals surface area contributed by atoms with Crippen LogP contribution < -0.4 is 15.4 Å². The number of hydrogen-bond donors (Lipinski definition) is 2. The highest BCUT2D eigenvalue weighted by Gasteiger charge is 2.22. The van der Waals surface area contributed by atoms with Gasteiger partial charge in [0.25, 0.3) is 0 Å². The van der Waals surface area contributed by atoms with E-state index in [0.717, 1.165) is 17.7 Å². The Morgan fingerprint density at radius 2 is 2.30 bits per heavy atom. The summed E-state index contributed by atoms with van der Waals surface area (Å²) in [7, 11) is 1.80. The molecular formula is C14H16N4O2. The number of carbonyl (C=O) groups excluding carboxylic acids is 1. The predicted molar refractivity (Wildman–Crippen MR) is 74.7 cm³/mol. The molecule has 0 radical (unpaired) electrons. The molecule has 2 aromatic rings. The van der Waals surface area contributed by atoms with Crippen LogP contribution in [-0.2, 0) is 7.05 Å². The van der Waals surface area contributed by atoms with Gasteiger partial charge in [-0.1, -0.05) is 18.2 Å². The fourth-order valence-corrected chi connectivity index (χ4v) is 2.30. The summed E-state index contributed by atoms with van der Waals surface area (Å²) in [5, 5.41) is 9.74. The third-order valence-corrected chi connectivity index (χ3v) is 3.23. The first-order valence-corrected chi connectivity index (χ1v) is 6.50. The maximum absolute atomic E-state index is 12.0. The molecule has 1 aliphatic rings. The van der Waals surface area contributed by atoms with E-state index in [0.29, 0.717) is 12.3 Å². The molecule has 0 spiro atoms. The molecule has 3 rings (SSSR count). The minimum absolute atomic E-state index is 0.0309. The summed E-state index contributed by atoms with van der Waals surface area (Å²) in [5.74, 6) is 0.838. The normalized spacial score (nSPS) is 16.9. The van der Waals surface area contributed by atoms with E-state index in [1.54, 1.807) is 24.1 Å². The number of nitrogens with zero attached hydrogens (tertiary/aromatic N) is 2. The molecule has 1 aromatic heterocycles. The predicted octanol–water partition coefficient (Wildman–Crippen LogP) is 2.07. The number of amides is 2. The van der Waals surface area contributed by atoms with Crippen molar-refractivity contribution >= 4 is 11.7 Å². The molecular weight excluding hydrogens is 256 g/mol. The van der Waals surface area contributed by atoms with E-state index in [1.165, 1.54) is 0 Å². The van der Waals surface area contributed by atoms with E-state index in [1.807, 2.05) is 24.3 Å². The van der Waals surface area contributed by atoms with Crippen molar-refractivity contribution in [2.24, 2.45) is 7.05 Å². The van der Waals surface area contributed by atoms with Gasteiger partial charge in [-0.25, -0.2) is 4.79 Å². The number of hydrogen-bond acceptors (Lipinski definition) is 3. The van der Waals surface area contributed by atoms with Crippen LogP contribution in [-0.4, -0.2) is 22.4 Å². The molecule has 2 heterocycles. The van der Waals surface area contributed by atoms with Crippen LogP contribution in [0.5, 0.6) is 5.75 Å². The van der Waals surface area contributed by atoms with Crippen molar-refractivity contribution in [1.29, 1.82) is 0 Å². The van der Waals surface area contributed by atoms with Gasteiger partial charge >= 0.3 is 6.03 Å².